The lowest BCUT2D eigenvalue weighted by atomic mass is 10.2. The average Bonchev–Trinajstić information content (AvgIpc) is 3.51. The smallest absolute Gasteiger partial charge is 0.205 e. The first kappa shape index (κ1) is 22.1. The number of ether oxygens (including phenoxy) is 1. The van der Waals surface area contributed by atoms with Crippen LogP contribution in [-0.2, 0) is 4.74 Å². The van der Waals surface area contributed by atoms with E-state index in [1.165, 1.54) is 11.8 Å². The predicted octanol–water partition coefficient (Wildman–Crippen LogP) is 5.13. The highest BCUT2D eigenvalue weighted by atomic mass is 32.2. The van der Waals surface area contributed by atoms with Crippen molar-refractivity contribution in [3.05, 3.63) is 71.7 Å². The van der Waals surface area contributed by atoms with Gasteiger partial charge in [0.25, 0.3) is 0 Å². The van der Waals surface area contributed by atoms with Crippen LogP contribution in [0.25, 0.3) is 17.3 Å². The fraction of sp³-hybridized carbons (Fsp3) is 0.292. The van der Waals surface area contributed by atoms with Crippen LogP contribution in [0.3, 0.4) is 0 Å². The molecule has 0 fully saturated rings. The topological polar surface area (TPSA) is 75.1 Å². The molecule has 3 heterocycles. The summed E-state index contributed by atoms with van der Waals surface area (Å²) in [5.41, 5.74) is 3.65. The molecule has 0 N–H and O–H groups in total. The minimum atomic E-state index is 0.0566. The van der Waals surface area contributed by atoms with Gasteiger partial charge in [0.05, 0.1) is 24.7 Å². The molecule has 8 heteroatoms. The third-order valence-corrected chi connectivity index (χ3v) is 6.28. The maximum Gasteiger partial charge on any atom is 0.205 e. The molecule has 1 atom stereocenters. The highest BCUT2D eigenvalue weighted by molar-refractivity contribution is 7.99. The SMILES string of the molecule is COCC(C)n1c(C)cc(C(=O)CSc2nnc(-c3ccco3)n2-c2ccccc2)c1C. The molecule has 0 amide bonds. The number of methoxy groups -OCH3 is 1. The molecule has 0 saturated carbocycles. The lowest BCUT2D eigenvalue weighted by molar-refractivity contribution is 0.102. The maximum atomic E-state index is 13.1. The van der Waals surface area contributed by atoms with Gasteiger partial charge in [-0.3, -0.25) is 9.36 Å². The standard InChI is InChI=1S/C24H26N4O3S/c1-16-13-20(18(3)27(16)17(2)14-30-4)21(29)15-32-24-26-25-23(22-11-8-12-31-22)28(24)19-9-6-5-7-10-19/h5-13,17H,14-15H2,1-4H3. The number of Topliss-reactive ketones (excluding diaryl/α,β-unsaturated/α-hetero) is 1. The van der Waals surface area contributed by atoms with Crippen molar-refractivity contribution in [3.8, 4) is 17.3 Å². The molecule has 0 bridgehead atoms. The van der Waals surface area contributed by atoms with Gasteiger partial charge in [-0.1, -0.05) is 30.0 Å². The third kappa shape index (κ3) is 4.28. The monoisotopic (exact) mass is 450 g/mol. The van der Waals surface area contributed by atoms with E-state index in [-0.39, 0.29) is 17.6 Å². The van der Waals surface area contributed by atoms with Crippen molar-refractivity contribution in [3.63, 3.8) is 0 Å². The van der Waals surface area contributed by atoms with Gasteiger partial charge in [0.1, 0.15) is 0 Å². The van der Waals surface area contributed by atoms with Crippen LogP contribution in [0, 0.1) is 13.8 Å². The van der Waals surface area contributed by atoms with Crippen LogP contribution >= 0.6 is 11.8 Å². The number of hydrogen-bond donors (Lipinski definition) is 0. The van der Waals surface area contributed by atoms with Gasteiger partial charge in [-0.15, -0.1) is 10.2 Å². The van der Waals surface area contributed by atoms with Crippen LogP contribution in [0.2, 0.25) is 0 Å². The molecule has 166 valence electrons. The van der Waals surface area contributed by atoms with Crippen LogP contribution in [-0.4, -0.2) is 44.6 Å². The summed E-state index contributed by atoms with van der Waals surface area (Å²) in [6, 6.07) is 15.6. The Morgan fingerprint density at radius 1 is 1.16 bits per heavy atom. The molecule has 0 radical (unpaired) electrons. The molecule has 1 unspecified atom stereocenters. The summed E-state index contributed by atoms with van der Waals surface area (Å²) in [6.07, 6.45) is 1.61. The number of carbonyl (C=O) groups excluding carboxylic acids is 1. The molecule has 1 aromatic carbocycles. The quantitative estimate of drug-likeness (QED) is 0.260. The lowest BCUT2D eigenvalue weighted by Crippen LogP contribution is -2.14. The number of carbonyl (C=O) groups is 1. The number of rotatable bonds is 9. The summed E-state index contributed by atoms with van der Waals surface area (Å²) in [7, 11) is 1.69. The first-order chi connectivity index (χ1) is 15.5. The van der Waals surface area contributed by atoms with Gasteiger partial charge in [-0.2, -0.15) is 0 Å². The molecule has 0 aliphatic rings. The van der Waals surface area contributed by atoms with E-state index >= 15 is 0 Å². The van der Waals surface area contributed by atoms with E-state index in [9.17, 15) is 4.79 Å². The van der Waals surface area contributed by atoms with Crippen molar-refractivity contribution >= 4 is 17.5 Å². The highest BCUT2D eigenvalue weighted by Gasteiger charge is 2.22. The number of hydrogen-bond acceptors (Lipinski definition) is 6. The fourth-order valence-corrected chi connectivity index (χ4v) is 4.84. The zero-order chi connectivity index (χ0) is 22.7. The molecule has 3 aromatic heterocycles. The molecule has 7 nitrogen and oxygen atoms in total. The summed E-state index contributed by atoms with van der Waals surface area (Å²) >= 11 is 1.37. The second kappa shape index (κ2) is 9.58. The van der Waals surface area contributed by atoms with Gasteiger partial charge in [-0.25, -0.2) is 0 Å². The Labute approximate surface area is 191 Å². The molecule has 0 saturated heterocycles. The Bertz CT molecular complexity index is 1200. The number of nitrogens with zero attached hydrogens (tertiary/aromatic N) is 4. The van der Waals surface area contributed by atoms with Gasteiger partial charge < -0.3 is 13.7 Å². The van der Waals surface area contributed by atoms with Crippen LogP contribution in [0.15, 0.2) is 64.4 Å². The summed E-state index contributed by atoms with van der Waals surface area (Å²) in [5, 5.41) is 9.32. The van der Waals surface area contributed by atoms with Gasteiger partial charge >= 0.3 is 0 Å². The van der Waals surface area contributed by atoms with Crippen molar-refractivity contribution in [2.75, 3.05) is 19.5 Å². The molecule has 4 aromatic rings. The van der Waals surface area contributed by atoms with E-state index < -0.39 is 0 Å². The molecule has 0 spiro atoms. The number of aromatic nitrogens is 4. The first-order valence-electron chi connectivity index (χ1n) is 10.4. The minimum Gasteiger partial charge on any atom is -0.461 e. The Kier molecular flexibility index (Phi) is 6.62. The molecule has 32 heavy (non-hydrogen) atoms. The zero-order valence-corrected chi connectivity index (χ0v) is 19.4. The lowest BCUT2D eigenvalue weighted by Gasteiger charge is -2.17. The second-order valence-electron chi connectivity index (χ2n) is 7.63. The summed E-state index contributed by atoms with van der Waals surface area (Å²) < 4.78 is 14.9. The largest absolute Gasteiger partial charge is 0.461 e. The Hall–Kier alpha value is -3.10. The van der Waals surface area contributed by atoms with Gasteiger partial charge in [0, 0.05) is 29.7 Å². The van der Waals surface area contributed by atoms with E-state index in [1.54, 1.807) is 13.4 Å². The van der Waals surface area contributed by atoms with E-state index in [2.05, 4.69) is 21.7 Å². The van der Waals surface area contributed by atoms with Crippen LogP contribution < -0.4 is 0 Å². The summed E-state index contributed by atoms with van der Waals surface area (Å²) in [5.74, 6) is 1.53. The molecular weight excluding hydrogens is 424 g/mol. The van der Waals surface area contributed by atoms with Crippen molar-refractivity contribution < 1.29 is 13.9 Å². The normalized spacial score (nSPS) is 12.2. The van der Waals surface area contributed by atoms with Crippen LogP contribution in [0.4, 0.5) is 0 Å². The third-order valence-electron chi connectivity index (χ3n) is 5.36. The maximum absolute atomic E-state index is 13.1. The van der Waals surface area contributed by atoms with Crippen molar-refractivity contribution in [1.29, 1.82) is 0 Å². The molecule has 4 rings (SSSR count). The Balaban J connectivity index is 1.60. The highest BCUT2D eigenvalue weighted by Crippen LogP contribution is 2.29. The number of aryl methyl sites for hydroxylation is 1. The number of ketones is 1. The zero-order valence-electron chi connectivity index (χ0n) is 18.6. The summed E-state index contributed by atoms with van der Waals surface area (Å²) in [6.45, 7) is 6.68. The van der Waals surface area contributed by atoms with Crippen LogP contribution in [0.5, 0.6) is 0 Å². The Morgan fingerprint density at radius 3 is 2.62 bits per heavy atom. The molecule has 0 aliphatic carbocycles. The number of furan rings is 1. The first-order valence-corrected chi connectivity index (χ1v) is 11.4. The number of benzene rings is 1. The van der Waals surface area contributed by atoms with Crippen molar-refractivity contribution in [2.45, 2.75) is 32.0 Å². The van der Waals surface area contributed by atoms with E-state index in [1.807, 2.05) is 66.9 Å². The van der Waals surface area contributed by atoms with Gasteiger partial charge in [0.2, 0.25) is 5.82 Å². The fourth-order valence-electron chi connectivity index (χ4n) is 4.00. The summed E-state index contributed by atoms with van der Waals surface area (Å²) in [4.78, 5) is 13.1. The Morgan fingerprint density at radius 2 is 1.94 bits per heavy atom. The van der Waals surface area contributed by atoms with E-state index in [0.717, 1.165) is 22.6 Å². The second-order valence-corrected chi connectivity index (χ2v) is 8.57. The predicted molar refractivity (Wildman–Crippen MR) is 125 cm³/mol. The average molecular weight is 451 g/mol. The molecule has 0 aliphatic heterocycles. The van der Waals surface area contributed by atoms with E-state index in [4.69, 9.17) is 9.15 Å². The van der Waals surface area contributed by atoms with Crippen molar-refractivity contribution in [2.24, 2.45) is 0 Å². The van der Waals surface area contributed by atoms with Gasteiger partial charge in [-0.05, 0) is 51.1 Å². The van der Waals surface area contributed by atoms with Crippen molar-refractivity contribution in [1.82, 2.24) is 19.3 Å². The van der Waals surface area contributed by atoms with Gasteiger partial charge in [0.15, 0.2) is 16.7 Å². The number of para-hydroxylation sites is 1. The minimum absolute atomic E-state index is 0.0566. The number of thioether (sulfide) groups is 1. The van der Waals surface area contributed by atoms with E-state index in [0.29, 0.717) is 23.3 Å². The molecular formula is C24H26N4O3S. The van der Waals surface area contributed by atoms with Crippen LogP contribution in [0.1, 0.15) is 34.7 Å².